The standard InChI is InChI=1S/C25H25F2N3O3S/c26-20-8-9-21(27)23(17-20)34(32,33)29-13-10-19(11-14-29)25(31)30-16-15-28-12-4-7-22(28)24(30)18-5-2-1-3-6-18/h1-9,12,17,19,24H,10-11,13-16H2. The van der Waals surface area contributed by atoms with Gasteiger partial charge in [0.05, 0.1) is 6.04 Å². The van der Waals surface area contributed by atoms with Crippen LogP contribution in [0.4, 0.5) is 8.78 Å². The number of sulfonamides is 1. The molecule has 0 saturated carbocycles. The lowest BCUT2D eigenvalue weighted by atomic mass is 9.93. The maximum Gasteiger partial charge on any atom is 0.246 e. The first kappa shape index (κ1) is 22.7. The van der Waals surface area contributed by atoms with Crippen LogP contribution in [0.25, 0.3) is 0 Å². The smallest absolute Gasteiger partial charge is 0.246 e. The highest BCUT2D eigenvalue weighted by atomic mass is 32.2. The second kappa shape index (κ2) is 8.96. The quantitative estimate of drug-likeness (QED) is 0.565. The van der Waals surface area contributed by atoms with Crippen molar-refractivity contribution in [2.24, 2.45) is 5.92 Å². The van der Waals surface area contributed by atoms with Crippen molar-refractivity contribution < 1.29 is 22.0 Å². The molecule has 2 aromatic carbocycles. The second-order valence-electron chi connectivity index (χ2n) is 8.72. The predicted octanol–water partition coefficient (Wildman–Crippen LogP) is 3.80. The van der Waals surface area contributed by atoms with E-state index in [0.29, 0.717) is 32.0 Å². The molecule has 1 aromatic heterocycles. The Morgan fingerprint density at radius 2 is 1.62 bits per heavy atom. The summed E-state index contributed by atoms with van der Waals surface area (Å²) in [5, 5.41) is 0. The van der Waals surface area contributed by atoms with Gasteiger partial charge in [-0.15, -0.1) is 0 Å². The number of benzene rings is 2. The van der Waals surface area contributed by atoms with Crippen LogP contribution in [0, 0.1) is 17.6 Å². The van der Waals surface area contributed by atoms with Gasteiger partial charge < -0.3 is 9.47 Å². The number of fused-ring (bicyclic) bond motifs is 1. The Morgan fingerprint density at radius 3 is 2.35 bits per heavy atom. The van der Waals surface area contributed by atoms with Crippen LogP contribution in [0.15, 0.2) is 71.8 Å². The average molecular weight is 486 g/mol. The van der Waals surface area contributed by atoms with E-state index in [0.717, 1.165) is 27.7 Å². The monoisotopic (exact) mass is 485 g/mol. The molecule has 34 heavy (non-hydrogen) atoms. The molecule has 6 nitrogen and oxygen atoms in total. The molecule has 3 aromatic rings. The lowest BCUT2D eigenvalue weighted by Gasteiger charge is -2.40. The molecule has 3 heterocycles. The Bertz CT molecular complexity index is 1300. The minimum absolute atomic E-state index is 0.00436. The fourth-order valence-corrected chi connectivity index (χ4v) is 6.54. The lowest BCUT2D eigenvalue weighted by Crippen LogP contribution is -2.48. The Hall–Kier alpha value is -3.04. The predicted molar refractivity (Wildman–Crippen MR) is 122 cm³/mol. The van der Waals surface area contributed by atoms with Gasteiger partial charge in [-0.25, -0.2) is 17.2 Å². The van der Waals surface area contributed by atoms with E-state index in [-0.39, 0.29) is 31.0 Å². The molecule has 1 saturated heterocycles. The zero-order valence-corrected chi connectivity index (χ0v) is 19.3. The van der Waals surface area contributed by atoms with Crippen LogP contribution >= 0.6 is 0 Å². The number of hydrogen-bond donors (Lipinski definition) is 0. The first-order valence-corrected chi connectivity index (χ1v) is 12.8. The van der Waals surface area contributed by atoms with Crippen molar-refractivity contribution in [3.05, 3.63) is 89.8 Å². The average Bonchev–Trinajstić information content (AvgIpc) is 3.34. The van der Waals surface area contributed by atoms with E-state index in [4.69, 9.17) is 0 Å². The highest BCUT2D eigenvalue weighted by Gasteiger charge is 2.39. The number of nitrogens with zero attached hydrogens (tertiary/aromatic N) is 3. The molecule has 0 N–H and O–H groups in total. The summed E-state index contributed by atoms with van der Waals surface area (Å²) in [5.74, 6) is -2.14. The molecule has 1 unspecified atom stereocenters. The minimum atomic E-state index is -4.19. The lowest BCUT2D eigenvalue weighted by molar-refractivity contribution is -0.139. The Labute approximate surface area is 197 Å². The van der Waals surface area contributed by atoms with E-state index in [1.807, 2.05) is 53.6 Å². The number of rotatable bonds is 4. The zero-order valence-electron chi connectivity index (χ0n) is 18.5. The van der Waals surface area contributed by atoms with Gasteiger partial charge in [0.15, 0.2) is 0 Å². The fraction of sp³-hybridized carbons (Fsp3) is 0.320. The Morgan fingerprint density at radius 1 is 0.882 bits per heavy atom. The molecule has 0 spiro atoms. The molecule has 1 atom stereocenters. The summed E-state index contributed by atoms with van der Waals surface area (Å²) in [4.78, 5) is 14.9. The highest BCUT2D eigenvalue weighted by molar-refractivity contribution is 7.89. The Balaban J connectivity index is 1.34. The van der Waals surface area contributed by atoms with Gasteiger partial charge in [-0.05, 0) is 48.7 Å². The largest absolute Gasteiger partial charge is 0.348 e. The van der Waals surface area contributed by atoms with Crippen molar-refractivity contribution in [1.82, 2.24) is 13.8 Å². The highest BCUT2D eigenvalue weighted by Crippen LogP contribution is 2.35. The van der Waals surface area contributed by atoms with Crippen LogP contribution in [-0.4, -0.2) is 47.7 Å². The normalized spacial score (nSPS) is 19.7. The van der Waals surface area contributed by atoms with E-state index >= 15 is 0 Å². The van der Waals surface area contributed by atoms with Crippen LogP contribution in [0.3, 0.4) is 0 Å². The van der Waals surface area contributed by atoms with Crippen molar-refractivity contribution in [1.29, 1.82) is 0 Å². The molecule has 2 aliphatic rings. The maximum atomic E-state index is 14.1. The minimum Gasteiger partial charge on any atom is -0.348 e. The van der Waals surface area contributed by atoms with Gasteiger partial charge in [0.1, 0.15) is 16.5 Å². The van der Waals surface area contributed by atoms with Gasteiger partial charge in [-0.2, -0.15) is 4.31 Å². The number of carbonyl (C=O) groups is 1. The summed E-state index contributed by atoms with van der Waals surface area (Å²) in [5.41, 5.74) is 2.07. The molecule has 0 radical (unpaired) electrons. The van der Waals surface area contributed by atoms with Gasteiger partial charge in [0.25, 0.3) is 0 Å². The molecule has 9 heteroatoms. The van der Waals surface area contributed by atoms with Gasteiger partial charge >= 0.3 is 0 Å². The molecular formula is C25H25F2N3O3S. The molecule has 1 amide bonds. The molecule has 0 bridgehead atoms. The third-order valence-corrected chi connectivity index (χ3v) is 8.66. The number of amides is 1. The summed E-state index contributed by atoms with van der Waals surface area (Å²) >= 11 is 0. The molecular weight excluding hydrogens is 460 g/mol. The van der Waals surface area contributed by atoms with Gasteiger partial charge in [-0.1, -0.05) is 30.3 Å². The summed E-state index contributed by atoms with van der Waals surface area (Å²) in [6, 6.07) is 16.1. The molecule has 5 rings (SSSR count). The SMILES string of the molecule is O=C(C1CCN(S(=O)(=O)c2cc(F)ccc2F)CC1)N1CCn2cccc2C1c1ccccc1. The first-order chi connectivity index (χ1) is 16.4. The van der Waals surface area contributed by atoms with Crippen LogP contribution in [-0.2, 0) is 21.4 Å². The van der Waals surface area contributed by atoms with Crippen LogP contribution in [0.1, 0.15) is 30.1 Å². The van der Waals surface area contributed by atoms with Crippen LogP contribution < -0.4 is 0 Å². The third kappa shape index (κ3) is 4.03. The van der Waals surface area contributed by atoms with Gasteiger partial charge in [0.2, 0.25) is 15.9 Å². The number of halogens is 2. The number of piperidine rings is 1. The molecule has 178 valence electrons. The van der Waals surface area contributed by atoms with Gasteiger partial charge in [-0.3, -0.25) is 4.79 Å². The van der Waals surface area contributed by atoms with E-state index in [2.05, 4.69) is 4.57 Å². The summed E-state index contributed by atoms with van der Waals surface area (Å²) in [6.45, 7) is 1.42. The molecule has 0 aliphatic carbocycles. The molecule has 2 aliphatic heterocycles. The fourth-order valence-electron chi connectivity index (χ4n) is 5.00. The van der Waals surface area contributed by atoms with Crippen molar-refractivity contribution in [2.75, 3.05) is 19.6 Å². The van der Waals surface area contributed by atoms with E-state index < -0.39 is 26.6 Å². The second-order valence-corrected chi connectivity index (χ2v) is 10.6. The van der Waals surface area contributed by atoms with Crippen molar-refractivity contribution in [3.8, 4) is 0 Å². The summed E-state index contributed by atoms with van der Waals surface area (Å²) in [7, 11) is -4.19. The van der Waals surface area contributed by atoms with E-state index in [9.17, 15) is 22.0 Å². The number of carbonyl (C=O) groups excluding carboxylic acids is 1. The van der Waals surface area contributed by atoms with Crippen molar-refractivity contribution in [3.63, 3.8) is 0 Å². The topological polar surface area (TPSA) is 62.6 Å². The van der Waals surface area contributed by atoms with Crippen LogP contribution in [0.2, 0.25) is 0 Å². The zero-order chi connectivity index (χ0) is 23.9. The summed E-state index contributed by atoms with van der Waals surface area (Å²) < 4.78 is 56.8. The van der Waals surface area contributed by atoms with Crippen molar-refractivity contribution >= 4 is 15.9 Å². The number of hydrogen-bond acceptors (Lipinski definition) is 3. The number of aromatic nitrogens is 1. The molecule has 1 fully saturated rings. The first-order valence-electron chi connectivity index (χ1n) is 11.3. The van der Waals surface area contributed by atoms with Crippen molar-refractivity contribution in [2.45, 2.75) is 30.3 Å². The van der Waals surface area contributed by atoms with Crippen LogP contribution in [0.5, 0.6) is 0 Å². The third-order valence-electron chi connectivity index (χ3n) is 6.75. The van der Waals surface area contributed by atoms with E-state index in [1.165, 1.54) is 0 Å². The Kier molecular flexibility index (Phi) is 5.99. The summed E-state index contributed by atoms with van der Waals surface area (Å²) in [6.07, 6.45) is 2.67. The van der Waals surface area contributed by atoms with Gasteiger partial charge in [0, 0.05) is 44.0 Å². The van der Waals surface area contributed by atoms with E-state index in [1.54, 1.807) is 0 Å². The maximum absolute atomic E-state index is 14.1.